The number of rotatable bonds is 3. The average Bonchev–Trinajstić information content (AvgIpc) is 3.04. The summed E-state index contributed by atoms with van der Waals surface area (Å²) in [6, 6.07) is 17.8. The van der Waals surface area contributed by atoms with Gasteiger partial charge in [0, 0.05) is 44.2 Å². The van der Waals surface area contributed by atoms with E-state index in [4.69, 9.17) is 10.5 Å². The fourth-order valence-corrected chi connectivity index (χ4v) is 4.88. The first kappa shape index (κ1) is 17.7. The van der Waals surface area contributed by atoms with Gasteiger partial charge in [-0.25, -0.2) is 4.79 Å². The van der Waals surface area contributed by atoms with Gasteiger partial charge in [-0.15, -0.1) is 0 Å². The molecular weight excluding hydrogens is 350 g/mol. The highest BCUT2D eigenvalue weighted by molar-refractivity contribution is 5.79. The molecule has 2 aliphatic carbocycles. The van der Waals surface area contributed by atoms with Crippen molar-refractivity contribution in [3.63, 3.8) is 0 Å². The monoisotopic (exact) mass is 377 g/mol. The minimum absolute atomic E-state index is 0.120. The van der Waals surface area contributed by atoms with Gasteiger partial charge in [-0.2, -0.15) is 0 Å². The number of benzene rings is 2. The van der Waals surface area contributed by atoms with E-state index in [0.717, 1.165) is 39.0 Å². The molecule has 0 spiro atoms. The molecule has 0 radical (unpaired) electrons. The molecule has 1 saturated carbocycles. The molecule has 1 saturated heterocycles. The summed E-state index contributed by atoms with van der Waals surface area (Å²) >= 11 is 0. The summed E-state index contributed by atoms with van der Waals surface area (Å²) in [4.78, 5) is 17.0. The van der Waals surface area contributed by atoms with Crippen LogP contribution in [0.2, 0.25) is 0 Å². The standard InChI is InChI=1S/C23H27N3O2/c24-16-13-17(14-16)25-9-11-26(12-10-25)23(27)28-15-22-20-7-3-1-5-18(20)19-6-2-4-8-21(19)22/h1-8,16-17,22H,9-15,24H2. The van der Waals surface area contributed by atoms with Gasteiger partial charge in [0.25, 0.3) is 0 Å². The Labute approximate surface area is 166 Å². The fourth-order valence-electron chi connectivity index (χ4n) is 4.88. The molecule has 5 nitrogen and oxygen atoms in total. The van der Waals surface area contributed by atoms with Crippen LogP contribution >= 0.6 is 0 Å². The third kappa shape index (κ3) is 3.09. The molecule has 28 heavy (non-hydrogen) atoms. The number of nitrogens with two attached hydrogens (primary N) is 1. The lowest BCUT2D eigenvalue weighted by molar-refractivity contribution is 0.0399. The van der Waals surface area contributed by atoms with Crippen molar-refractivity contribution >= 4 is 6.09 Å². The quantitative estimate of drug-likeness (QED) is 0.893. The summed E-state index contributed by atoms with van der Waals surface area (Å²) in [5.41, 5.74) is 10.9. The highest BCUT2D eigenvalue weighted by Gasteiger charge is 2.34. The highest BCUT2D eigenvalue weighted by atomic mass is 16.6. The van der Waals surface area contributed by atoms with E-state index in [2.05, 4.69) is 53.4 Å². The van der Waals surface area contributed by atoms with Gasteiger partial charge in [0.2, 0.25) is 0 Å². The number of carbonyl (C=O) groups is 1. The molecule has 3 aliphatic rings. The molecule has 5 heteroatoms. The van der Waals surface area contributed by atoms with E-state index in [9.17, 15) is 4.79 Å². The average molecular weight is 377 g/mol. The molecule has 2 N–H and O–H groups in total. The van der Waals surface area contributed by atoms with Crippen molar-refractivity contribution in [1.82, 2.24) is 9.80 Å². The van der Waals surface area contributed by atoms with Crippen molar-refractivity contribution in [2.45, 2.75) is 30.8 Å². The molecule has 2 aromatic rings. The van der Waals surface area contributed by atoms with E-state index in [1.54, 1.807) is 0 Å². The first-order valence-electron chi connectivity index (χ1n) is 10.3. The zero-order valence-electron chi connectivity index (χ0n) is 16.1. The Morgan fingerprint density at radius 1 is 0.929 bits per heavy atom. The fraction of sp³-hybridized carbons (Fsp3) is 0.435. The Balaban J connectivity index is 1.21. The Hall–Kier alpha value is -2.37. The van der Waals surface area contributed by atoms with Gasteiger partial charge in [0.1, 0.15) is 6.61 Å². The number of hydrogen-bond donors (Lipinski definition) is 1. The van der Waals surface area contributed by atoms with Crippen molar-refractivity contribution in [3.8, 4) is 11.1 Å². The number of amides is 1. The lowest BCUT2D eigenvalue weighted by Gasteiger charge is -2.45. The van der Waals surface area contributed by atoms with Crippen LogP contribution in [0.5, 0.6) is 0 Å². The van der Waals surface area contributed by atoms with Crippen LogP contribution in [0.1, 0.15) is 29.9 Å². The van der Waals surface area contributed by atoms with Crippen molar-refractivity contribution in [2.75, 3.05) is 32.8 Å². The minimum atomic E-state index is -0.188. The topological polar surface area (TPSA) is 58.8 Å². The summed E-state index contributed by atoms with van der Waals surface area (Å²) in [5, 5.41) is 0. The van der Waals surface area contributed by atoms with E-state index in [0.29, 0.717) is 18.7 Å². The van der Waals surface area contributed by atoms with Gasteiger partial charge in [0.15, 0.2) is 0 Å². The maximum absolute atomic E-state index is 12.7. The summed E-state index contributed by atoms with van der Waals surface area (Å²) in [6.45, 7) is 3.71. The molecule has 0 atom stereocenters. The molecule has 2 fully saturated rings. The zero-order chi connectivity index (χ0) is 19.1. The van der Waals surface area contributed by atoms with E-state index < -0.39 is 0 Å². The van der Waals surface area contributed by atoms with Crippen molar-refractivity contribution in [3.05, 3.63) is 59.7 Å². The second kappa shape index (κ2) is 7.22. The minimum Gasteiger partial charge on any atom is -0.448 e. The van der Waals surface area contributed by atoms with Gasteiger partial charge in [-0.05, 0) is 35.1 Å². The third-order valence-electron chi connectivity index (χ3n) is 6.57. The Morgan fingerprint density at radius 2 is 1.50 bits per heavy atom. The first-order valence-corrected chi connectivity index (χ1v) is 10.3. The summed E-state index contributed by atoms with van der Waals surface area (Å²) in [5.74, 6) is 0.120. The SMILES string of the molecule is NC1CC(N2CCN(C(=O)OCC3c4ccccc4-c4ccccc43)CC2)C1. The molecule has 5 rings (SSSR count). The number of fused-ring (bicyclic) bond motifs is 3. The normalized spacial score (nSPS) is 24.4. The molecule has 0 aromatic heterocycles. The molecule has 1 heterocycles. The van der Waals surface area contributed by atoms with Crippen LogP contribution in [0.3, 0.4) is 0 Å². The second-order valence-corrected chi connectivity index (χ2v) is 8.21. The van der Waals surface area contributed by atoms with Gasteiger partial charge < -0.3 is 15.4 Å². The Bertz CT molecular complexity index is 824. The lowest BCUT2D eigenvalue weighted by atomic mass is 9.86. The second-order valence-electron chi connectivity index (χ2n) is 8.21. The van der Waals surface area contributed by atoms with Crippen molar-refractivity contribution < 1.29 is 9.53 Å². The van der Waals surface area contributed by atoms with Crippen LogP contribution in [0.4, 0.5) is 4.79 Å². The van der Waals surface area contributed by atoms with Crippen molar-refractivity contribution in [2.24, 2.45) is 5.73 Å². The van der Waals surface area contributed by atoms with Gasteiger partial charge >= 0.3 is 6.09 Å². The molecular formula is C23H27N3O2. The van der Waals surface area contributed by atoms with Gasteiger partial charge in [-0.3, -0.25) is 4.90 Å². The largest absolute Gasteiger partial charge is 0.448 e. The van der Waals surface area contributed by atoms with Crippen LogP contribution in [-0.2, 0) is 4.74 Å². The third-order valence-corrected chi connectivity index (χ3v) is 6.57. The van der Waals surface area contributed by atoms with Crippen LogP contribution in [0.25, 0.3) is 11.1 Å². The maximum Gasteiger partial charge on any atom is 0.409 e. The number of piperazine rings is 1. The molecule has 2 aromatic carbocycles. The van der Waals surface area contributed by atoms with Crippen LogP contribution in [0, 0.1) is 0 Å². The number of nitrogens with zero attached hydrogens (tertiary/aromatic N) is 2. The van der Waals surface area contributed by atoms with E-state index in [1.165, 1.54) is 22.3 Å². The molecule has 1 amide bonds. The predicted molar refractivity (Wildman–Crippen MR) is 109 cm³/mol. The predicted octanol–water partition coefficient (Wildman–Crippen LogP) is 3.04. The molecule has 0 unspecified atom stereocenters. The van der Waals surface area contributed by atoms with Crippen LogP contribution in [0.15, 0.2) is 48.5 Å². The molecule has 0 bridgehead atoms. The van der Waals surface area contributed by atoms with Gasteiger partial charge in [0.05, 0.1) is 0 Å². The summed E-state index contributed by atoms with van der Waals surface area (Å²) in [6.07, 6.45) is 1.99. The van der Waals surface area contributed by atoms with Gasteiger partial charge in [-0.1, -0.05) is 48.5 Å². The lowest BCUT2D eigenvalue weighted by Crippen LogP contribution is -2.57. The number of ether oxygens (including phenoxy) is 1. The number of carbonyl (C=O) groups excluding carboxylic acids is 1. The maximum atomic E-state index is 12.7. The van der Waals surface area contributed by atoms with E-state index >= 15 is 0 Å². The number of hydrogen-bond acceptors (Lipinski definition) is 4. The van der Waals surface area contributed by atoms with E-state index in [1.807, 2.05) is 4.90 Å². The Kier molecular flexibility index (Phi) is 4.57. The highest BCUT2D eigenvalue weighted by Crippen LogP contribution is 2.44. The summed E-state index contributed by atoms with van der Waals surface area (Å²) in [7, 11) is 0. The Morgan fingerprint density at radius 3 is 2.07 bits per heavy atom. The van der Waals surface area contributed by atoms with Crippen LogP contribution in [-0.4, -0.2) is 60.8 Å². The zero-order valence-corrected chi connectivity index (χ0v) is 16.1. The first-order chi connectivity index (χ1) is 13.7. The molecule has 146 valence electrons. The van der Waals surface area contributed by atoms with E-state index in [-0.39, 0.29) is 12.0 Å². The smallest absolute Gasteiger partial charge is 0.409 e. The molecule has 1 aliphatic heterocycles. The van der Waals surface area contributed by atoms with Crippen LogP contribution < -0.4 is 5.73 Å². The van der Waals surface area contributed by atoms with Crippen molar-refractivity contribution in [1.29, 1.82) is 0 Å². The summed E-state index contributed by atoms with van der Waals surface area (Å²) < 4.78 is 5.78.